The fourth-order valence-corrected chi connectivity index (χ4v) is 1.02. The van der Waals surface area contributed by atoms with E-state index >= 15 is 0 Å². The van der Waals surface area contributed by atoms with E-state index in [0.29, 0.717) is 23.5 Å². The van der Waals surface area contributed by atoms with Crippen LogP contribution in [0, 0.1) is 0 Å². The first kappa shape index (κ1) is 12.0. The smallest absolute Gasteiger partial charge is 0.230 e. The van der Waals surface area contributed by atoms with Gasteiger partial charge in [0.05, 0.1) is 6.54 Å². The first-order chi connectivity index (χ1) is 6.99. The Morgan fingerprint density at radius 2 is 2.07 bits per heavy atom. The number of nitrogens with one attached hydrogen (secondary N) is 1. The van der Waals surface area contributed by atoms with Gasteiger partial charge < -0.3 is 10.2 Å². The minimum atomic E-state index is 0.136. The molecule has 0 saturated carbocycles. The van der Waals surface area contributed by atoms with Crippen molar-refractivity contribution in [3.8, 4) is 0 Å². The van der Waals surface area contributed by atoms with E-state index < -0.39 is 0 Å². The fraction of sp³-hybridized carbons (Fsp3) is 0.375. The minimum absolute atomic E-state index is 0.136. The summed E-state index contributed by atoms with van der Waals surface area (Å²) in [6.07, 6.45) is 0. The van der Waals surface area contributed by atoms with Crippen molar-refractivity contribution < 1.29 is 0 Å². The van der Waals surface area contributed by atoms with Gasteiger partial charge in [0.1, 0.15) is 0 Å². The Morgan fingerprint density at radius 1 is 1.40 bits per heavy atom. The average molecular weight is 248 g/mol. The number of anilines is 2. The molecule has 0 unspecified atom stereocenters. The lowest BCUT2D eigenvalue weighted by molar-refractivity contribution is 0.953. The summed E-state index contributed by atoms with van der Waals surface area (Å²) in [5, 5.41) is 3.48. The molecule has 0 aromatic carbocycles. The highest BCUT2D eigenvalue weighted by atomic mass is 35.5. The molecule has 0 atom stereocenters. The summed E-state index contributed by atoms with van der Waals surface area (Å²) in [5.74, 6) is 0.859. The van der Waals surface area contributed by atoms with Gasteiger partial charge in [-0.05, 0) is 11.6 Å². The lowest BCUT2D eigenvalue weighted by Crippen LogP contribution is -2.15. The highest BCUT2D eigenvalue weighted by molar-refractivity contribution is 6.29. The summed E-state index contributed by atoms with van der Waals surface area (Å²) in [4.78, 5) is 13.7. The van der Waals surface area contributed by atoms with Crippen LogP contribution in [0.25, 0.3) is 0 Å². The predicted molar refractivity (Wildman–Crippen MR) is 62.6 cm³/mol. The van der Waals surface area contributed by atoms with Crippen molar-refractivity contribution in [3.63, 3.8) is 0 Å². The summed E-state index contributed by atoms with van der Waals surface area (Å²) in [6, 6.07) is 0. The Labute approximate surface area is 98.1 Å². The Hall–Kier alpha value is -1.07. The second-order valence-corrected chi connectivity index (χ2v) is 3.87. The van der Waals surface area contributed by atoms with Crippen LogP contribution in [0.2, 0.25) is 5.28 Å². The summed E-state index contributed by atoms with van der Waals surface area (Å²) < 4.78 is 0. The van der Waals surface area contributed by atoms with Crippen LogP contribution in [-0.4, -0.2) is 35.6 Å². The van der Waals surface area contributed by atoms with Crippen LogP contribution in [0.15, 0.2) is 11.6 Å². The maximum Gasteiger partial charge on any atom is 0.230 e. The third-order valence-electron chi connectivity index (χ3n) is 1.43. The molecule has 5 nitrogen and oxygen atoms in total. The number of aromatic nitrogens is 3. The van der Waals surface area contributed by atoms with Gasteiger partial charge in [-0.2, -0.15) is 15.0 Å². The maximum atomic E-state index is 5.73. The van der Waals surface area contributed by atoms with Gasteiger partial charge in [-0.25, -0.2) is 0 Å². The molecule has 0 aliphatic carbocycles. The van der Waals surface area contributed by atoms with Crippen molar-refractivity contribution in [1.82, 2.24) is 15.0 Å². The quantitative estimate of drug-likeness (QED) is 0.879. The van der Waals surface area contributed by atoms with E-state index in [-0.39, 0.29) is 5.28 Å². The third kappa shape index (κ3) is 3.89. The molecule has 1 aromatic heterocycles. The first-order valence-electron chi connectivity index (χ1n) is 4.15. The van der Waals surface area contributed by atoms with Crippen LogP contribution in [0.5, 0.6) is 0 Å². The van der Waals surface area contributed by atoms with E-state index in [1.165, 1.54) is 0 Å². The van der Waals surface area contributed by atoms with E-state index in [4.69, 9.17) is 23.2 Å². The molecule has 0 radical (unpaired) electrons. The highest BCUT2D eigenvalue weighted by Gasteiger charge is 2.05. The van der Waals surface area contributed by atoms with E-state index in [9.17, 15) is 0 Å². The van der Waals surface area contributed by atoms with Gasteiger partial charge >= 0.3 is 0 Å². The first-order valence-corrected chi connectivity index (χ1v) is 4.90. The monoisotopic (exact) mass is 247 g/mol. The second kappa shape index (κ2) is 5.14. The van der Waals surface area contributed by atoms with Crippen molar-refractivity contribution in [2.45, 2.75) is 0 Å². The SMILES string of the molecule is C=C(Cl)CNc1nc(Cl)nc(N(C)C)n1. The van der Waals surface area contributed by atoms with Gasteiger partial charge in [-0.3, -0.25) is 0 Å². The van der Waals surface area contributed by atoms with Crippen molar-refractivity contribution in [2.75, 3.05) is 30.9 Å². The fourth-order valence-electron chi connectivity index (χ4n) is 0.794. The molecule has 0 amide bonds. The molecule has 0 bridgehead atoms. The lowest BCUT2D eigenvalue weighted by Gasteiger charge is -2.11. The molecule has 15 heavy (non-hydrogen) atoms. The number of halogens is 2. The molecule has 7 heteroatoms. The van der Waals surface area contributed by atoms with Crippen LogP contribution < -0.4 is 10.2 Å². The standard InChI is InChI=1S/C8H11Cl2N5/c1-5(9)4-11-7-12-6(10)13-8(14-7)15(2)3/h1,4H2,2-3H3,(H,11,12,13,14). The maximum absolute atomic E-state index is 5.73. The molecule has 0 aliphatic rings. The van der Waals surface area contributed by atoms with Crippen molar-refractivity contribution >= 4 is 35.1 Å². The minimum Gasteiger partial charge on any atom is -0.349 e. The van der Waals surface area contributed by atoms with E-state index in [1.807, 2.05) is 14.1 Å². The molecule has 0 spiro atoms. The largest absolute Gasteiger partial charge is 0.349 e. The molecular weight excluding hydrogens is 237 g/mol. The molecule has 0 aliphatic heterocycles. The van der Waals surface area contributed by atoms with E-state index in [1.54, 1.807) is 4.90 Å². The molecule has 1 rings (SSSR count). The van der Waals surface area contributed by atoms with Crippen LogP contribution in [0.1, 0.15) is 0 Å². The van der Waals surface area contributed by atoms with Crippen molar-refractivity contribution in [3.05, 3.63) is 16.9 Å². The number of nitrogens with zero attached hydrogens (tertiary/aromatic N) is 4. The van der Waals surface area contributed by atoms with Crippen molar-refractivity contribution in [1.29, 1.82) is 0 Å². The van der Waals surface area contributed by atoms with Gasteiger partial charge in [0.2, 0.25) is 17.2 Å². The number of rotatable bonds is 4. The Bertz CT molecular complexity index is 366. The predicted octanol–water partition coefficient (Wildman–Crippen LogP) is 1.76. The molecule has 1 aromatic rings. The van der Waals surface area contributed by atoms with Crippen LogP contribution in [0.4, 0.5) is 11.9 Å². The highest BCUT2D eigenvalue weighted by Crippen LogP contribution is 2.11. The summed E-state index contributed by atoms with van der Waals surface area (Å²) in [6.45, 7) is 3.92. The average Bonchev–Trinajstić information content (AvgIpc) is 2.13. The zero-order chi connectivity index (χ0) is 11.4. The van der Waals surface area contributed by atoms with E-state index in [2.05, 4.69) is 26.8 Å². The molecule has 1 N–H and O–H groups in total. The van der Waals surface area contributed by atoms with Crippen molar-refractivity contribution in [2.24, 2.45) is 0 Å². The lowest BCUT2D eigenvalue weighted by atomic mass is 10.6. The topological polar surface area (TPSA) is 53.9 Å². The zero-order valence-corrected chi connectivity index (χ0v) is 9.97. The molecule has 82 valence electrons. The molecule has 0 fully saturated rings. The number of hydrogen-bond acceptors (Lipinski definition) is 5. The second-order valence-electron chi connectivity index (χ2n) is 2.99. The summed E-state index contributed by atoms with van der Waals surface area (Å²) in [7, 11) is 3.63. The molecular formula is C8H11Cl2N5. The number of hydrogen-bond donors (Lipinski definition) is 1. The van der Waals surface area contributed by atoms with Crippen LogP contribution >= 0.6 is 23.2 Å². The van der Waals surface area contributed by atoms with E-state index in [0.717, 1.165) is 0 Å². The van der Waals surface area contributed by atoms with Gasteiger partial charge in [0.25, 0.3) is 0 Å². The molecule has 1 heterocycles. The summed E-state index contributed by atoms with van der Waals surface area (Å²) in [5.41, 5.74) is 0. The molecule has 0 saturated heterocycles. The van der Waals surface area contributed by atoms with Gasteiger partial charge in [-0.1, -0.05) is 18.2 Å². The normalized spacial score (nSPS) is 9.87. The Balaban J connectivity index is 2.84. The Morgan fingerprint density at radius 3 is 2.60 bits per heavy atom. The third-order valence-corrected chi connectivity index (χ3v) is 1.74. The van der Waals surface area contributed by atoms with Gasteiger partial charge in [0.15, 0.2) is 0 Å². The Kier molecular flexibility index (Phi) is 4.11. The zero-order valence-electron chi connectivity index (χ0n) is 8.46. The van der Waals surface area contributed by atoms with Crippen LogP contribution in [0.3, 0.4) is 0 Å². The summed E-state index contributed by atoms with van der Waals surface area (Å²) >= 11 is 11.3. The van der Waals surface area contributed by atoms with Gasteiger partial charge in [-0.15, -0.1) is 0 Å². The van der Waals surface area contributed by atoms with Gasteiger partial charge in [0, 0.05) is 19.1 Å². The van der Waals surface area contributed by atoms with Crippen LogP contribution in [-0.2, 0) is 0 Å².